The minimum absolute atomic E-state index is 0.0882. The standard InChI is InChI=1S/C20H33NO3S/c1-7-15(4)11-18(12-16(5)10-8-9-14(2)3)21(17(6)22)19(13-25)20(23)24/h7,9,12,18-19,25H,8,10-11,13H2,1-6H3,(H,23,24)/t18?,19-/m0/s1. The van der Waals surface area contributed by atoms with E-state index in [9.17, 15) is 14.7 Å². The lowest BCUT2D eigenvalue weighted by molar-refractivity contribution is -0.149. The number of carboxylic acids is 1. The minimum Gasteiger partial charge on any atom is -0.480 e. The van der Waals surface area contributed by atoms with Crippen LogP contribution in [0, 0.1) is 0 Å². The molecule has 0 heterocycles. The lowest BCUT2D eigenvalue weighted by Crippen LogP contribution is -2.50. The van der Waals surface area contributed by atoms with Crippen LogP contribution in [0.4, 0.5) is 0 Å². The first-order chi connectivity index (χ1) is 11.6. The van der Waals surface area contributed by atoms with Crippen LogP contribution in [0.5, 0.6) is 0 Å². The van der Waals surface area contributed by atoms with Gasteiger partial charge in [0.25, 0.3) is 0 Å². The Morgan fingerprint density at radius 2 is 1.72 bits per heavy atom. The van der Waals surface area contributed by atoms with Crippen LogP contribution in [0.3, 0.4) is 0 Å². The van der Waals surface area contributed by atoms with E-state index in [0.29, 0.717) is 6.42 Å². The van der Waals surface area contributed by atoms with Crippen molar-refractivity contribution < 1.29 is 14.7 Å². The number of carbonyl (C=O) groups excluding carboxylic acids is 1. The molecule has 1 amide bonds. The average Bonchev–Trinajstić information content (AvgIpc) is 2.50. The molecule has 0 aromatic heterocycles. The summed E-state index contributed by atoms with van der Waals surface area (Å²) in [7, 11) is 0. The van der Waals surface area contributed by atoms with Gasteiger partial charge in [0, 0.05) is 12.7 Å². The van der Waals surface area contributed by atoms with Crippen molar-refractivity contribution in [3.05, 3.63) is 34.9 Å². The zero-order valence-corrected chi connectivity index (χ0v) is 17.3. The number of amides is 1. The highest BCUT2D eigenvalue weighted by Crippen LogP contribution is 2.20. The van der Waals surface area contributed by atoms with Crippen molar-refractivity contribution in [3.63, 3.8) is 0 Å². The molecule has 4 nitrogen and oxygen atoms in total. The smallest absolute Gasteiger partial charge is 0.327 e. The molecule has 0 fully saturated rings. The van der Waals surface area contributed by atoms with E-state index in [-0.39, 0.29) is 17.7 Å². The summed E-state index contributed by atoms with van der Waals surface area (Å²) in [5.74, 6) is -1.18. The summed E-state index contributed by atoms with van der Waals surface area (Å²) in [6.07, 6.45) is 8.66. The van der Waals surface area contributed by atoms with Crippen LogP contribution in [0.1, 0.15) is 60.8 Å². The molecule has 0 saturated heterocycles. The van der Waals surface area contributed by atoms with E-state index in [1.807, 2.05) is 32.9 Å². The van der Waals surface area contributed by atoms with E-state index in [1.165, 1.54) is 17.4 Å². The third kappa shape index (κ3) is 8.96. The summed E-state index contributed by atoms with van der Waals surface area (Å²) in [6, 6.07) is -1.22. The number of aliphatic carboxylic acids is 1. The lowest BCUT2D eigenvalue weighted by Gasteiger charge is -2.34. The van der Waals surface area contributed by atoms with E-state index in [2.05, 4.69) is 32.6 Å². The van der Waals surface area contributed by atoms with Gasteiger partial charge in [-0.1, -0.05) is 34.9 Å². The number of hydrogen-bond acceptors (Lipinski definition) is 3. The van der Waals surface area contributed by atoms with E-state index < -0.39 is 12.0 Å². The Kier molecular flexibility index (Phi) is 11.2. The topological polar surface area (TPSA) is 57.6 Å². The van der Waals surface area contributed by atoms with Crippen LogP contribution in [0.25, 0.3) is 0 Å². The molecule has 2 atom stereocenters. The highest BCUT2D eigenvalue weighted by atomic mass is 32.1. The van der Waals surface area contributed by atoms with E-state index in [0.717, 1.165) is 24.0 Å². The third-order valence-electron chi connectivity index (χ3n) is 4.11. The number of nitrogens with zero attached hydrogens (tertiary/aromatic N) is 1. The van der Waals surface area contributed by atoms with Gasteiger partial charge in [-0.25, -0.2) is 4.79 Å². The van der Waals surface area contributed by atoms with Gasteiger partial charge in [0.1, 0.15) is 6.04 Å². The Morgan fingerprint density at radius 1 is 1.12 bits per heavy atom. The van der Waals surface area contributed by atoms with Crippen LogP contribution in [0.15, 0.2) is 34.9 Å². The molecule has 0 radical (unpaired) electrons. The number of rotatable bonds is 10. The zero-order chi connectivity index (χ0) is 19.6. The minimum atomic E-state index is -1.02. The molecule has 0 spiro atoms. The Morgan fingerprint density at radius 3 is 2.12 bits per heavy atom. The third-order valence-corrected chi connectivity index (χ3v) is 4.45. The van der Waals surface area contributed by atoms with Gasteiger partial charge in [0.05, 0.1) is 6.04 Å². The summed E-state index contributed by atoms with van der Waals surface area (Å²) >= 11 is 4.15. The Balaban J connectivity index is 5.66. The second kappa shape index (κ2) is 12.0. The molecule has 1 unspecified atom stereocenters. The maximum atomic E-state index is 12.2. The van der Waals surface area contributed by atoms with Crippen molar-refractivity contribution in [2.24, 2.45) is 0 Å². The summed E-state index contributed by atoms with van der Waals surface area (Å²) in [4.78, 5) is 25.2. The first kappa shape index (κ1) is 23.5. The van der Waals surface area contributed by atoms with E-state index >= 15 is 0 Å². The molecule has 0 aliphatic rings. The molecule has 0 aliphatic heterocycles. The second-order valence-electron chi connectivity index (χ2n) is 6.70. The lowest BCUT2D eigenvalue weighted by atomic mass is 9.99. The van der Waals surface area contributed by atoms with Gasteiger partial charge in [0.15, 0.2) is 0 Å². The maximum absolute atomic E-state index is 12.2. The van der Waals surface area contributed by atoms with Gasteiger partial charge < -0.3 is 10.0 Å². The van der Waals surface area contributed by atoms with Gasteiger partial charge in [-0.05, 0) is 53.9 Å². The zero-order valence-electron chi connectivity index (χ0n) is 16.4. The fraction of sp³-hybridized carbons (Fsp3) is 0.600. The average molecular weight is 368 g/mol. The molecule has 0 aliphatic carbocycles. The fourth-order valence-corrected chi connectivity index (χ4v) is 2.99. The molecule has 5 heteroatoms. The number of allylic oxidation sites excluding steroid dienone is 4. The first-order valence-electron chi connectivity index (χ1n) is 8.69. The highest BCUT2D eigenvalue weighted by molar-refractivity contribution is 7.80. The summed E-state index contributed by atoms with van der Waals surface area (Å²) < 4.78 is 0. The molecule has 0 bridgehead atoms. The Hall–Kier alpha value is -1.49. The normalized spacial score (nSPS) is 14.7. The van der Waals surface area contributed by atoms with E-state index in [4.69, 9.17) is 0 Å². The molecule has 1 N–H and O–H groups in total. The van der Waals surface area contributed by atoms with Crippen LogP contribution in [-0.4, -0.2) is 39.7 Å². The van der Waals surface area contributed by atoms with Gasteiger partial charge in [-0.15, -0.1) is 0 Å². The Labute approximate surface area is 158 Å². The second-order valence-corrected chi connectivity index (χ2v) is 7.07. The molecule has 25 heavy (non-hydrogen) atoms. The van der Waals surface area contributed by atoms with Crippen molar-refractivity contribution in [3.8, 4) is 0 Å². The van der Waals surface area contributed by atoms with Crippen LogP contribution >= 0.6 is 12.6 Å². The fourth-order valence-electron chi connectivity index (χ4n) is 2.65. The Bertz CT molecular complexity index is 545. The van der Waals surface area contributed by atoms with Crippen molar-refractivity contribution in [2.45, 2.75) is 72.9 Å². The van der Waals surface area contributed by atoms with Crippen molar-refractivity contribution in [2.75, 3.05) is 5.75 Å². The van der Waals surface area contributed by atoms with Crippen LogP contribution in [-0.2, 0) is 9.59 Å². The highest BCUT2D eigenvalue weighted by Gasteiger charge is 2.31. The van der Waals surface area contributed by atoms with Crippen molar-refractivity contribution in [1.29, 1.82) is 0 Å². The molecule has 142 valence electrons. The number of thiol groups is 1. The molecule has 0 rings (SSSR count). The predicted octanol–water partition coefficient (Wildman–Crippen LogP) is 4.64. The summed E-state index contributed by atoms with van der Waals surface area (Å²) in [5, 5.41) is 9.48. The molecular formula is C20H33NO3S. The molecule has 0 saturated carbocycles. The largest absolute Gasteiger partial charge is 0.480 e. The van der Waals surface area contributed by atoms with Crippen molar-refractivity contribution in [1.82, 2.24) is 4.90 Å². The van der Waals surface area contributed by atoms with Gasteiger partial charge in [-0.3, -0.25) is 4.79 Å². The first-order valence-corrected chi connectivity index (χ1v) is 9.32. The maximum Gasteiger partial charge on any atom is 0.327 e. The predicted molar refractivity (Wildman–Crippen MR) is 108 cm³/mol. The number of carboxylic acid groups (broad SMARTS) is 1. The van der Waals surface area contributed by atoms with Crippen molar-refractivity contribution >= 4 is 24.5 Å². The van der Waals surface area contributed by atoms with Gasteiger partial charge >= 0.3 is 5.97 Å². The molecular weight excluding hydrogens is 334 g/mol. The van der Waals surface area contributed by atoms with Crippen LogP contribution < -0.4 is 0 Å². The summed E-state index contributed by atoms with van der Waals surface area (Å²) in [6.45, 7) is 11.5. The van der Waals surface area contributed by atoms with Gasteiger partial charge in [-0.2, -0.15) is 12.6 Å². The number of hydrogen-bond donors (Lipinski definition) is 2. The van der Waals surface area contributed by atoms with Gasteiger partial charge in [0.2, 0.25) is 5.91 Å². The van der Waals surface area contributed by atoms with Crippen LogP contribution in [0.2, 0.25) is 0 Å². The quantitative estimate of drug-likeness (QED) is 0.437. The van der Waals surface area contributed by atoms with E-state index in [1.54, 1.807) is 0 Å². The summed E-state index contributed by atoms with van der Waals surface area (Å²) in [5.41, 5.74) is 3.55. The monoisotopic (exact) mass is 367 g/mol. The molecule has 0 aromatic carbocycles. The molecule has 0 aromatic rings. The number of carbonyl (C=O) groups is 2. The SMILES string of the molecule is CC=C(C)CC(C=C(C)CCC=C(C)C)N(C(C)=O)[C@@H](CS)C(=O)O.